The second kappa shape index (κ2) is 4.94. The average Bonchev–Trinajstić information content (AvgIpc) is 2.96. The minimum atomic E-state index is 0.331. The third-order valence-corrected chi connectivity index (χ3v) is 2.84. The highest BCUT2D eigenvalue weighted by Gasteiger charge is 2.13. The maximum atomic E-state index is 4.24. The first kappa shape index (κ1) is 10.9. The van der Waals surface area contributed by atoms with Gasteiger partial charge >= 0.3 is 0 Å². The molecule has 0 aliphatic carbocycles. The number of hydrogen-bond acceptors (Lipinski definition) is 3. The minimum absolute atomic E-state index is 0.331. The van der Waals surface area contributed by atoms with E-state index in [1.54, 1.807) is 12.4 Å². The number of aromatic nitrogens is 4. The van der Waals surface area contributed by atoms with Crippen LogP contribution in [0, 0.1) is 0 Å². The van der Waals surface area contributed by atoms with Crippen LogP contribution in [0.3, 0.4) is 0 Å². The van der Waals surface area contributed by atoms with Gasteiger partial charge < -0.3 is 5.32 Å². The Hall–Kier alpha value is -1.62. The molecule has 0 radical (unpaired) electrons. The number of nitrogens with one attached hydrogen (secondary N) is 2. The third-order valence-electron chi connectivity index (χ3n) is 2.84. The molecule has 0 aliphatic rings. The standard InChI is InChI=1S/C11H17N5/c1-9(10(2)16-7-3-5-14-16)12-8-11-4-6-13-15-11/h3-7,9-10,12H,8H2,1-2H3,(H,13,15)/t9-,10+/m1/s1. The fourth-order valence-corrected chi connectivity index (χ4v) is 1.58. The molecule has 5 heteroatoms. The fourth-order valence-electron chi connectivity index (χ4n) is 1.58. The van der Waals surface area contributed by atoms with Gasteiger partial charge in [0, 0.05) is 36.9 Å². The summed E-state index contributed by atoms with van der Waals surface area (Å²) in [4.78, 5) is 0. The van der Waals surface area contributed by atoms with E-state index in [4.69, 9.17) is 0 Å². The van der Waals surface area contributed by atoms with E-state index >= 15 is 0 Å². The van der Waals surface area contributed by atoms with Crippen LogP contribution in [-0.4, -0.2) is 26.0 Å². The van der Waals surface area contributed by atoms with Crippen LogP contribution in [0.15, 0.2) is 30.7 Å². The third kappa shape index (κ3) is 2.49. The molecular weight excluding hydrogens is 202 g/mol. The van der Waals surface area contributed by atoms with Gasteiger partial charge in [0.1, 0.15) is 0 Å². The van der Waals surface area contributed by atoms with E-state index in [0.29, 0.717) is 12.1 Å². The normalized spacial score (nSPS) is 14.9. The summed E-state index contributed by atoms with van der Waals surface area (Å²) in [6, 6.07) is 4.59. The van der Waals surface area contributed by atoms with Gasteiger partial charge in [-0.15, -0.1) is 0 Å². The van der Waals surface area contributed by atoms with Crippen molar-refractivity contribution in [2.45, 2.75) is 32.5 Å². The molecule has 0 unspecified atom stereocenters. The SMILES string of the molecule is C[C@@H](NCc1ccn[nH]1)[C@H](C)n1cccn1. The van der Waals surface area contributed by atoms with Crippen molar-refractivity contribution in [2.24, 2.45) is 0 Å². The maximum absolute atomic E-state index is 4.24. The van der Waals surface area contributed by atoms with Gasteiger partial charge in [0.05, 0.1) is 6.04 Å². The van der Waals surface area contributed by atoms with Gasteiger partial charge in [-0.05, 0) is 26.0 Å². The summed E-state index contributed by atoms with van der Waals surface area (Å²) >= 11 is 0. The largest absolute Gasteiger partial charge is 0.307 e. The van der Waals surface area contributed by atoms with Crippen molar-refractivity contribution in [1.82, 2.24) is 25.3 Å². The van der Waals surface area contributed by atoms with Crippen LogP contribution in [0.5, 0.6) is 0 Å². The first-order chi connectivity index (χ1) is 7.77. The Morgan fingerprint density at radius 1 is 1.44 bits per heavy atom. The van der Waals surface area contributed by atoms with E-state index < -0.39 is 0 Å². The minimum Gasteiger partial charge on any atom is -0.307 e. The highest BCUT2D eigenvalue weighted by atomic mass is 15.3. The highest BCUT2D eigenvalue weighted by molar-refractivity contribution is 4.97. The maximum Gasteiger partial charge on any atom is 0.0641 e. The van der Waals surface area contributed by atoms with E-state index in [2.05, 4.69) is 34.5 Å². The van der Waals surface area contributed by atoms with Crippen molar-refractivity contribution in [2.75, 3.05) is 0 Å². The van der Waals surface area contributed by atoms with Crippen molar-refractivity contribution < 1.29 is 0 Å². The molecule has 0 saturated carbocycles. The van der Waals surface area contributed by atoms with Crippen molar-refractivity contribution in [1.29, 1.82) is 0 Å². The summed E-state index contributed by atoms with van der Waals surface area (Å²) in [5, 5.41) is 14.5. The molecule has 0 bridgehead atoms. The van der Waals surface area contributed by atoms with Gasteiger partial charge in [0.25, 0.3) is 0 Å². The molecule has 16 heavy (non-hydrogen) atoms. The summed E-state index contributed by atoms with van der Waals surface area (Å²) in [5.41, 5.74) is 1.10. The predicted molar refractivity (Wildman–Crippen MR) is 61.8 cm³/mol. The zero-order valence-electron chi connectivity index (χ0n) is 9.59. The van der Waals surface area contributed by atoms with Crippen LogP contribution >= 0.6 is 0 Å². The van der Waals surface area contributed by atoms with Gasteiger partial charge in [-0.2, -0.15) is 10.2 Å². The van der Waals surface area contributed by atoms with Crippen LogP contribution in [-0.2, 0) is 6.54 Å². The second-order valence-corrected chi connectivity index (χ2v) is 3.98. The Kier molecular flexibility index (Phi) is 3.36. The van der Waals surface area contributed by atoms with Gasteiger partial charge in [-0.3, -0.25) is 9.78 Å². The Bertz CT molecular complexity index is 392. The second-order valence-electron chi connectivity index (χ2n) is 3.98. The lowest BCUT2D eigenvalue weighted by molar-refractivity contribution is 0.363. The van der Waals surface area contributed by atoms with Gasteiger partial charge in [0.2, 0.25) is 0 Å². The Balaban J connectivity index is 1.86. The molecule has 2 aromatic heterocycles. The Labute approximate surface area is 94.9 Å². The smallest absolute Gasteiger partial charge is 0.0641 e. The monoisotopic (exact) mass is 219 g/mol. The van der Waals surface area contributed by atoms with E-state index in [1.165, 1.54) is 0 Å². The number of nitrogens with zero attached hydrogens (tertiary/aromatic N) is 3. The Morgan fingerprint density at radius 2 is 2.31 bits per heavy atom. The molecule has 0 aliphatic heterocycles. The molecule has 2 heterocycles. The summed E-state index contributed by atoms with van der Waals surface area (Å²) in [6.07, 6.45) is 5.55. The molecule has 0 amide bonds. The van der Waals surface area contributed by atoms with Crippen LogP contribution < -0.4 is 5.32 Å². The molecule has 0 spiro atoms. The van der Waals surface area contributed by atoms with E-state index in [9.17, 15) is 0 Å². The van der Waals surface area contributed by atoms with Crippen molar-refractivity contribution in [3.63, 3.8) is 0 Å². The van der Waals surface area contributed by atoms with Gasteiger partial charge in [0.15, 0.2) is 0 Å². The quantitative estimate of drug-likeness (QED) is 0.798. The molecule has 2 N–H and O–H groups in total. The van der Waals surface area contributed by atoms with Crippen LogP contribution in [0.4, 0.5) is 0 Å². The molecular formula is C11H17N5. The van der Waals surface area contributed by atoms with Gasteiger partial charge in [-0.1, -0.05) is 0 Å². The lowest BCUT2D eigenvalue weighted by atomic mass is 10.1. The van der Waals surface area contributed by atoms with Crippen LogP contribution in [0.1, 0.15) is 25.6 Å². The number of rotatable bonds is 5. The van der Waals surface area contributed by atoms with Gasteiger partial charge in [-0.25, -0.2) is 0 Å². The number of aromatic amines is 1. The van der Waals surface area contributed by atoms with Crippen molar-refractivity contribution in [3.8, 4) is 0 Å². The molecule has 0 saturated heterocycles. The highest BCUT2D eigenvalue weighted by Crippen LogP contribution is 2.09. The van der Waals surface area contributed by atoms with Crippen molar-refractivity contribution >= 4 is 0 Å². The summed E-state index contributed by atoms with van der Waals surface area (Å²) in [7, 11) is 0. The average molecular weight is 219 g/mol. The molecule has 2 rings (SSSR count). The summed E-state index contributed by atoms with van der Waals surface area (Å²) in [6.45, 7) is 5.10. The number of hydrogen-bond donors (Lipinski definition) is 2. The molecule has 2 atom stereocenters. The predicted octanol–water partition coefficient (Wildman–Crippen LogP) is 1.35. The molecule has 86 valence electrons. The van der Waals surface area contributed by atoms with E-state index in [0.717, 1.165) is 12.2 Å². The molecule has 2 aromatic rings. The van der Waals surface area contributed by atoms with E-state index in [1.807, 2.05) is 23.0 Å². The summed E-state index contributed by atoms with van der Waals surface area (Å²) in [5.74, 6) is 0. The first-order valence-corrected chi connectivity index (χ1v) is 5.48. The van der Waals surface area contributed by atoms with Crippen molar-refractivity contribution in [3.05, 3.63) is 36.4 Å². The first-order valence-electron chi connectivity index (χ1n) is 5.48. The zero-order valence-corrected chi connectivity index (χ0v) is 9.59. The molecule has 0 fully saturated rings. The van der Waals surface area contributed by atoms with Crippen LogP contribution in [0.25, 0.3) is 0 Å². The van der Waals surface area contributed by atoms with E-state index in [-0.39, 0.29) is 0 Å². The Morgan fingerprint density at radius 3 is 2.94 bits per heavy atom. The topological polar surface area (TPSA) is 58.5 Å². The number of H-pyrrole nitrogens is 1. The molecule has 5 nitrogen and oxygen atoms in total. The fraction of sp³-hybridized carbons (Fsp3) is 0.455. The molecule has 0 aromatic carbocycles. The van der Waals surface area contributed by atoms with Crippen LogP contribution in [0.2, 0.25) is 0 Å². The zero-order chi connectivity index (χ0) is 11.4. The summed E-state index contributed by atoms with van der Waals surface area (Å²) < 4.78 is 1.96. The lowest BCUT2D eigenvalue weighted by Gasteiger charge is -2.21. The lowest BCUT2D eigenvalue weighted by Crippen LogP contribution is -2.33.